The second-order valence-corrected chi connectivity index (χ2v) is 5.06. The van der Waals surface area contributed by atoms with Crippen LogP contribution in [0.2, 0.25) is 5.02 Å². The Bertz CT molecular complexity index is 568. The van der Waals surface area contributed by atoms with Crippen molar-refractivity contribution in [2.75, 3.05) is 11.4 Å². The van der Waals surface area contributed by atoms with Gasteiger partial charge in [-0.3, -0.25) is 0 Å². The number of hydrogen-bond acceptors (Lipinski definition) is 2. The normalized spacial score (nSPS) is 10.5. The predicted octanol–water partition coefficient (Wildman–Crippen LogP) is 4.38. The lowest BCUT2D eigenvalue weighted by atomic mass is 10.1. The van der Waals surface area contributed by atoms with Gasteiger partial charge in [-0.05, 0) is 49.7 Å². The van der Waals surface area contributed by atoms with Gasteiger partial charge in [0, 0.05) is 29.4 Å². The van der Waals surface area contributed by atoms with Gasteiger partial charge >= 0.3 is 0 Å². The summed E-state index contributed by atoms with van der Waals surface area (Å²) < 4.78 is 0. The van der Waals surface area contributed by atoms with E-state index in [1.54, 1.807) is 12.1 Å². The smallest absolute Gasteiger partial charge is 0.120 e. The average molecular weight is 276 g/mol. The molecule has 0 saturated heterocycles. The van der Waals surface area contributed by atoms with Crippen molar-refractivity contribution in [3.8, 4) is 5.75 Å². The first-order valence-electron chi connectivity index (χ1n) is 6.39. The molecule has 0 aliphatic heterocycles. The molecule has 0 aliphatic rings. The summed E-state index contributed by atoms with van der Waals surface area (Å²) in [4.78, 5) is 2.21. The van der Waals surface area contributed by atoms with Crippen LogP contribution in [-0.4, -0.2) is 11.7 Å². The minimum Gasteiger partial charge on any atom is -0.508 e. The number of phenols is 1. The Balaban J connectivity index is 2.26. The molecule has 2 rings (SSSR count). The Morgan fingerprint density at radius 2 is 1.95 bits per heavy atom. The van der Waals surface area contributed by atoms with Gasteiger partial charge in [0.15, 0.2) is 0 Å². The first-order valence-corrected chi connectivity index (χ1v) is 6.77. The first-order chi connectivity index (χ1) is 9.10. The number of hydrogen-bond donors (Lipinski definition) is 1. The van der Waals surface area contributed by atoms with Crippen LogP contribution in [0.25, 0.3) is 0 Å². The summed E-state index contributed by atoms with van der Waals surface area (Å²) in [5, 5.41) is 10.5. The van der Waals surface area contributed by atoms with Gasteiger partial charge in [0.1, 0.15) is 5.75 Å². The zero-order chi connectivity index (χ0) is 13.8. The molecule has 0 unspecified atom stereocenters. The van der Waals surface area contributed by atoms with Crippen molar-refractivity contribution in [2.45, 2.75) is 20.4 Å². The Labute approximate surface area is 119 Å². The molecule has 1 N–H and O–H groups in total. The van der Waals surface area contributed by atoms with E-state index in [-0.39, 0.29) is 5.75 Å². The fourth-order valence-electron chi connectivity index (χ4n) is 2.10. The van der Waals surface area contributed by atoms with Crippen LogP contribution >= 0.6 is 11.6 Å². The largest absolute Gasteiger partial charge is 0.508 e. The maximum absolute atomic E-state index is 9.90. The molecule has 0 radical (unpaired) electrons. The lowest BCUT2D eigenvalue weighted by Crippen LogP contribution is -2.22. The third kappa shape index (κ3) is 3.42. The lowest BCUT2D eigenvalue weighted by molar-refractivity contribution is 0.467. The van der Waals surface area contributed by atoms with Crippen LogP contribution < -0.4 is 4.90 Å². The third-order valence-electron chi connectivity index (χ3n) is 3.15. The van der Waals surface area contributed by atoms with E-state index >= 15 is 0 Å². The summed E-state index contributed by atoms with van der Waals surface area (Å²) in [7, 11) is 0. The van der Waals surface area contributed by atoms with Crippen molar-refractivity contribution in [1.29, 1.82) is 0 Å². The van der Waals surface area contributed by atoms with E-state index in [4.69, 9.17) is 11.6 Å². The van der Waals surface area contributed by atoms with Crippen LogP contribution in [0.5, 0.6) is 5.75 Å². The van der Waals surface area contributed by atoms with Crippen LogP contribution in [-0.2, 0) is 6.54 Å². The molecule has 19 heavy (non-hydrogen) atoms. The van der Waals surface area contributed by atoms with Gasteiger partial charge in [0.2, 0.25) is 0 Å². The molecular weight excluding hydrogens is 258 g/mol. The van der Waals surface area contributed by atoms with Crippen LogP contribution in [0, 0.1) is 6.92 Å². The van der Waals surface area contributed by atoms with Gasteiger partial charge < -0.3 is 10.0 Å². The maximum atomic E-state index is 9.90. The van der Waals surface area contributed by atoms with E-state index in [1.165, 1.54) is 5.56 Å². The molecule has 0 saturated carbocycles. The van der Waals surface area contributed by atoms with Crippen LogP contribution in [0.4, 0.5) is 5.69 Å². The fourth-order valence-corrected chi connectivity index (χ4v) is 2.29. The van der Waals surface area contributed by atoms with Gasteiger partial charge in [0.05, 0.1) is 0 Å². The Morgan fingerprint density at radius 3 is 2.63 bits per heavy atom. The van der Waals surface area contributed by atoms with Gasteiger partial charge in [-0.1, -0.05) is 23.7 Å². The summed E-state index contributed by atoms with van der Waals surface area (Å²) >= 11 is 5.99. The number of rotatable bonds is 4. The van der Waals surface area contributed by atoms with Crippen molar-refractivity contribution in [1.82, 2.24) is 0 Å². The van der Waals surface area contributed by atoms with Crippen LogP contribution in [0.15, 0.2) is 42.5 Å². The molecule has 0 aromatic heterocycles. The first kappa shape index (κ1) is 13.8. The SMILES string of the molecule is CCN(Cc1cc(Cl)ccc1O)c1cccc(C)c1. The molecule has 0 aliphatic carbocycles. The lowest BCUT2D eigenvalue weighted by Gasteiger charge is -2.24. The maximum Gasteiger partial charge on any atom is 0.120 e. The highest BCUT2D eigenvalue weighted by Crippen LogP contribution is 2.25. The number of benzene rings is 2. The van der Waals surface area contributed by atoms with E-state index in [2.05, 4.69) is 36.9 Å². The van der Waals surface area contributed by atoms with E-state index < -0.39 is 0 Å². The standard InChI is InChI=1S/C16H18ClNO/c1-3-18(15-6-4-5-12(2)9-15)11-13-10-14(17)7-8-16(13)19/h4-10,19H,3,11H2,1-2H3. The summed E-state index contributed by atoms with van der Waals surface area (Å²) in [6, 6.07) is 13.5. The minimum absolute atomic E-state index is 0.288. The van der Waals surface area contributed by atoms with Gasteiger partial charge in [-0.15, -0.1) is 0 Å². The molecule has 0 atom stereocenters. The highest BCUT2D eigenvalue weighted by Gasteiger charge is 2.09. The van der Waals surface area contributed by atoms with Crippen molar-refractivity contribution in [2.24, 2.45) is 0 Å². The van der Waals surface area contributed by atoms with Gasteiger partial charge in [0.25, 0.3) is 0 Å². The number of halogens is 1. The fraction of sp³-hybridized carbons (Fsp3) is 0.250. The minimum atomic E-state index is 0.288. The topological polar surface area (TPSA) is 23.5 Å². The molecule has 0 fully saturated rings. The highest BCUT2D eigenvalue weighted by molar-refractivity contribution is 6.30. The van der Waals surface area contributed by atoms with Crippen LogP contribution in [0.1, 0.15) is 18.1 Å². The Morgan fingerprint density at radius 1 is 1.16 bits per heavy atom. The Kier molecular flexibility index (Phi) is 4.33. The van der Waals surface area contributed by atoms with Gasteiger partial charge in [-0.2, -0.15) is 0 Å². The van der Waals surface area contributed by atoms with Crippen molar-refractivity contribution in [3.05, 3.63) is 58.6 Å². The second-order valence-electron chi connectivity index (χ2n) is 4.63. The molecule has 0 spiro atoms. The molecular formula is C16H18ClNO. The van der Waals surface area contributed by atoms with E-state index in [0.29, 0.717) is 11.6 Å². The summed E-state index contributed by atoms with van der Waals surface area (Å²) in [5.41, 5.74) is 3.23. The molecule has 100 valence electrons. The molecule has 0 bridgehead atoms. The van der Waals surface area contributed by atoms with Crippen molar-refractivity contribution < 1.29 is 5.11 Å². The number of aromatic hydroxyl groups is 1. The van der Waals surface area contributed by atoms with Crippen molar-refractivity contribution in [3.63, 3.8) is 0 Å². The third-order valence-corrected chi connectivity index (χ3v) is 3.39. The van der Waals surface area contributed by atoms with E-state index in [0.717, 1.165) is 17.8 Å². The molecule has 2 aromatic rings. The summed E-state index contributed by atoms with van der Waals surface area (Å²) in [6.07, 6.45) is 0. The zero-order valence-corrected chi connectivity index (χ0v) is 12.0. The second kappa shape index (κ2) is 5.98. The number of nitrogens with zero attached hydrogens (tertiary/aromatic N) is 1. The van der Waals surface area contributed by atoms with Crippen LogP contribution in [0.3, 0.4) is 0 Å². The monoisotopic (exact) mass is 275 g/mol. The molecule has 2 aromatic carbocycles. The highest BCUT2D eigenvalue weighted by atomic mass is 35.5. The summed E-state index contributed by atoms with van der Waals surface area (Å²) in [6.45, 7) is 5.69. The van der Waals surface area contributed by atoms with Gasteiger partial charge in [-0.25, -0.2) is 0 Å². The predicted molar refractivity (Wildman–Crippen MR) is 81.0 cm³/mol. The quantitative estimate of drug-likeness (QED) is 0.895. The van der Waals surface area contributed by atoms with E-state index in [9.17, 15) is 5.11 Å². The number of aryl methyl sites for hydroxylation is 1. The molecule has 0 amide bonds. The molecule has 3 heteroatoms. The zero-order valence-electron chi connectivity index (χ0n) is 11.2. The molecule has 2 nitrogen and oxygen atoms in total. The van der Waals surface area contributed by atoms with Crippen molar-refractivity contribution >= 4 is 17.3 Å². The summed E-state index contributed by atoms with van der Waals surface area (Å²) in [5.74, 6) is 0.288. The Hall–Kier alpha value is -1.67. The number of phenolic OH excluding ortho intramolecular Hbond substituents is 1. The average Bonchev–Trinajstić information content (AvgIpc) is 2.39. The number of anilines is 1. The molecule has 0 heterocycles. The van der Waals surface area contributed by atoms with E-state index in [1.807, 2.05) is 12.1 Å².